The van der Waals surface area contributed by atoms with Crippen LogP contribution in [0.5, 0.6) is 0 Å². The lowest BCUT2D eigenvalue weighted by molar-refractivity contribution is 0.601. The Kier molecular flexibility index (Phi) is 2.64. The minimum absolute atomic E-state index is 0.0283. The zero-order chi connectivity index (χ0) is 12.8. The van der Waals surface area contributed by atoms with Gasteiger partial charge < -0.3 is 10.1 Å². The first-order valence-corrected chi connectivity index (χ1v) is 7.78. The van der Waals surface area contributed by atoms with E-state index in [9.17, 15) is 8.42 Å². The lowest BCUT2D eigenvalue weighted by atomic mass is 10.1. The molecule has 5 nitrogen and oxygen atoms in total. The molecule has 0 radical (unpaired) electrons. The van der Waals surface area contributed by atoms with Crippen molar-refractivity contribution in [1.82, 2.24) is 9.38 Å². The van der Waals surface area contributed by atoms with Gasteiger partial charge in [-0.05, 0) is 12.5 Å². The highest BCUT2D eigenvalue weighted by atomic mass is 32.2. The summed E-state index contributed by atoms with van der Waals surface area (Å²) in [4.78, 5) is 4.55. The predicted molar refractivity (Wildman–Crippen MR) is 69.1 cm³/mol. The fraction of sp³-hybridized carbons (Fsp3) is 0.417. The van der Waals surface area contributed by atoms with Crippen molar-refractivity contribution in [2.45, 2.75) is 18.9 Å². The second kappa shape index (κ2) is 4.07. The standard InChI is InChI=1S/C12H15N3O2S/c13-6-9-2-1-4-15-7-11(14-12(9)15)10-3-5-18(16,17)8-10/h1-2,4,7,10H,3,5-6,8,13H2. The molecule has 0 spiro atoms. The van der Waals surface area contributed by atoms with E-state index in [1.807, 2.05) is 28.9 Å². The van der Waals surface area contributed by atoms with Gasteiger partial charge in [-0.1, -0.05) is 6.07 Å². The second-order valence-corrected chi connectivity index (χ2v) is 6.96. The molecular weight excluding hydrogens is 250 g/mol. The maximum atomic E-state index is 11.5. The van der Waals surface area contributed by atoms with E-state index in [-0.39, 0.29) is 17.4 Å². The zero-order valence-electron chi connectivity index (χ0n) is 9.91. The van der Waals surface area contributed by atoms with Crippen LogP contribution in [-0.4, -0.2) is 29.3 Å². The molecule has 1 aliphatic heterocycles. The molecule has 1 fully saturated rings. The summed E-state index contributed by atoms with van der Waals surface area (Å²) >= 11 is 0. The van der Waals surface area contributed by atoms with E-state index in [0.29, 0.717) is 13.0 Å². The normalized spacial score (nSPS) is 22.6. The zero-order valence-corrected chi connectivity index (χ0v) is 10.7. The molecule has 1 unspecified atom stereocenters. The van der Waals surface area contributed by atoms with Gasteiger partial charge >= 0.3 is 0 Å². The van der Waals surface area contributed by atoms with E-state index in [2.05, 4.69) is 4.98 Å². The first-order chi connectivity index (χ1) is 8.59. The average Bonchev–Trinajstić information content (AvgIpc) is 2.91. The van der Waals surface area contributed by atoms with E-state index in [1.54, 1.807) is 0 Å². The highest BCUT2D eigenvalue weighted by Gasteiger charge is 2.30. The number of sulfone groups is 1. The van der Waals surface area contributed by atoms with E-state index in [1.165, 1.54) is 0 Å². The SMILES string of the molecule is NCc1cccn2cc(C3CCS(=O)(=O)C3)nc12. The number of nitrogens with two attached hydrogens (primary N) is 1. The van der Waals surface area contributed by atoms with Crippen LogP contribution < -0.4 is 5.73 Å². The smallest absolute Gasteiger partial charge is 0.151 e. The van der Waals surface area contributed by atoms with Crippen LogP contribution >= 0.6 is 0 Å². The summed E-state index contributed by atoms with van der Waals surface area (Å²) < 4.78 is 24.9. The Hall–Kier alpha value is -1.40. The maximum absolute atomic E-state index is 11.5. The van der Waals surface area contributed by atoms with Crippen LogP contribution in [0.4, 0.5) is 0 Å². The maximum Gasteiger partial charge on any atom is 0.151 e. The lowest BCUT2D eigenvalue weighted by Gasteiger charge is -2.00. The second-order valence-electron chi connectivity index (χ2n) is 4.73. The van der Waals surface area contributed by atoms with Crippen LogP contribution in [0.25, 0.3) is 5.65 Å². The number of hydrogen-bond acceptors (Lipinski definition) is 4. The molecule has 2 N–H and O–H groups in total. The number of nitrogens with zero attached hydrogens (tertiary/aromatic N) is 2. The van der Waals surface area contributed by atoms with Crippen LogP contribution in [0.15, 0.2) is 24.5 Å². The van der Waals surface area contributed by atoms with Crippen LogP contribution in [0.3, 0.4) is 0 Å². The Bertz CT molecular complexity index is 690. The van der Waals surface area contributed by atoms with Gasteiger partial charge in [-0.2, -0.15) is 0 Å². The minimum Gasteiger partial charge on any atom is -0.326 e. The summed E-state index contributed by atoms with van der Waals surface area (Å²) in [7, 11) is -2.87. The van der Waals surface area contributed by atoms with Gasteiger partial charge in [0.05, 0.1) is 17.2 Å². The molecule has 96 valence electrons. The number of aromatic nitrogens is 2. The molecule has 6 heteroatoms. The van der Waals surface area contributed by atoms with Gasteiger partial charge in [0.25, 0.3) is 0 Å². The quantitative estimate of drug-likeness (QED) is 0.867. The van der Waals surface area contributed by atoms with Gasteiger partial charge in [0.1, 0.15) is 5.65 Å². The molecule has 18 heavy (non-hydrogen) atoms. The number of rotatable bonds is 2. The molecule has 0 bridgehead atoms. The third-order valence-electron chi connectivity index (χ3n) is 3.45. The third kappa shape index (κ3) is 1.91. The number of pyridine rings is 1. The van der Waals surface area contributed by atoms with Crippen LogP contribution in [-0.2, 0) is 16.4 Å². The molecule has 1 aliphatic rings. The summed E-state index contributed by atoms with van der Waals surface area (Å²) in [6.07, 6.45) is 4.50. The van der Waals surface area contributed by atoms with Crippen LogP contribution in [0.2, 0.25) is 0 Å². The minimum atomic E-state index is -2.87. The van der Waals surface area contributed by atoms with Crippen LogP contribution in [0, 0.1) is 0 Å². The van der Waals surface area contributed by atoms with Gasteiger partial charge in [0.15, 0.2) is 9.84 Å². The van der Waals surface area contributed by atoms with Gasteiger partial charge in [0.2, 0.25) is 0 Å². The van der Waals surface area contributed by atoms with Crippen molar-refractivity contribution in [3.8, 4) is 0 Å². The summed E-state index contributed by atoms with van der Waals surface area (Å²) in [6.45, 7) is 0.434. The topological polar surface area (TPSA) is 77.5 Å². The van der Waals surface area contributed by atoms with Crippen molar-refractivity contribution < 1.29 is 8.42 Å². The van der Waals surface area contributed by atoms with Gasteiger partial charge in [-0.25, -0.2) is 13.4 Å². The fourth-order valence-corrected chi connectivity index (χ4v) is 4.24. The monoisotopic (exact) mass is 265 g/mol. The first-order valence-electron chi connectivity index (χ1n) is 5.96. The first kappa shape index (κ1) is 11.7. The van der Waals surface area contributed by atoms with Crippen molar-refractivity contribution in [3.63, 3.8) is 0 Å². The van der Waals surface area contributed by atoms with Crippen molar-refractivity contribution >= 4 is 15.5 Å². The molecule has 1 atom stereocenters. The molecule has 0 aliphatic carbocycles. The van der Waals surface area contributed by atoms with Gasteiger partial charge in [-0.3, -0.25) is 0 Å². The van der Waals surface area contributed by atoms with Gasteiger partial charge in [0, 0.05) is 30.4 Å². The lowest BCUT2D eigenvalue weighted by Crippen LogP contribution is -2.04. The highest BCUT2D eigenvalue weighted by molar-refractivity contribution is 7.91. The van der Waals surface area contributed by atoms with Gasteiger partial charge in [-0.15, -0.1) is 0 Å². The summed E-state index contributed by atoms with van der Waals surface area (Å²) in [5.41, 5.74) is 8.34. The average molecular weight is 265 g/mol. The molecule has 0 saturated carbocycles. The molecule has 2 aromatic heterocycles. The largest absolute Gasteiger partial charge is 0.326 e. The Labute approximate surface area is 106 Å². The summed E-state index contributed by atoms with van der Waals surface area (Å²) in [5.74, 6) is 0.518. The number of fused-ring (bicyclic) bond motifs is 1. The Morgan fingerprint density at radius 3 is 3.00 bits per heavy atom. The molecule has 1 saturated heterocycles. The number of hydrogen-bond donors (Lipinski definition) is 1. The van der Waals surface area contributed by atoms with E-state index >= 15 is 0 Å². The molecule has 0 amide bonds. The van der Waals surface area contributed by atoms with E-state index in [4.69, 9.17) is 5.73 Å². The Morgan fingerprint density at radius 1 is 1.50 bits per heavy atom. The molecule has 3 heterocycles. The molecule has 3 rings (SSSR count). The summed E-state index contributed by atoms with van der Waals surface area (Å²) in [6, 6.07) is 3.86. The van der Waals surface area contributed by atoms with E-state index in [0.717, 1.165) is 16.9 Å². The highest BCUT2D eigenvalue weighted by Crippen LogP contribution is 2.28. The number of imidazole rings is 1. The fourth-order valence-electron chi connectivity index (χ4n) is 2.47. The van der Waals surface area contributed by atoms with Crippen molar-refractivity contribution in [3.05, 3.63) is 35.8 Å². The van der Waals surface area contributed by atoms with Crippen molar-refractivity contribution in [2.75, 3.05) is 11.5 Å². The third-order valence-corrected chi connectivity index (χ3v) is 5.22. The van der Waals surface area contributed by atoms with Crippen LogP contribution in [0.1, 0.15) is 23.6 Å². The molecule has 2 aromatic rings. The molecule has 0 aromatic carbocycles. The van der Waals surface area contributed by atoms with E-state index < -0.39 is 9.84 Å². The van der Waals surface area contributed by atoms with Crippen molar-refractivity contribution in [2.24, 2.45) is 5.73 Å². The predicted octanol–water partition coefficient (Wildman–Crippen LogP) is 0.695. The van der Waals surface area contributed by atoms with Crippen molar-refractivity contribution in [1.29, 1.82) is 0 Å². The Morgan fingerprint density at radius 2 is 2.33 bits per heavy atom. The summed E-state index contributed by atoms with van der Waals surface area (Å²) in [5, 5.41) is 0. The molecular formula is C12H15N3O2S. The Balaban J connectivity index is 2.04.